The van der Waals surface area contributed by atoms with Crippen molar-refractivity contribution in [3.8, 4) is 0 Å². The fourth-order valence-corrected chi connectivity index (χ4v) is 3.14. The quantitative estimate of drug-likeness (QED) is 0.887. The van der Waals surface area contributed by atoms with E-state index >= 15 is 0 Å². The smallest absolute Gasteiger partial charge is 0.274 e. The second kappa shape index (κ2) is 8.01. The molecule has 0 saturated carbocycles. The number of halogens is 1. The van der Waals surface area contributed by atoms with Gasteiger partial charge in [-0.15, -0.1) is 12.4 Å². The number of carbonyl (C=O) groups is 1. The van der Waals surface area contributed by atoms with E-state index in [1.54, 1.807) is 4.90 Å². The molecule has 1 atom stereocenters. The Morgan fingerprint density at radius 2 is 1.92 bits per heavy atom. The first kappa shape index (κ1) is 20.1. The standard InChI is InChI=1S/C19H24N4O2.ClH/c1-19(2)13-22(11-10-16(19)20)18(25)15-8-9-17(24)23(21-15)12-14-6-4-3-5-7-14;/h3-9,16H,10-13,20H2,1-2H3;1H. The van der Waals surface area contributed by atoms with Crippen molar-refractivity contribution in [3.63, 3.8) is 0 Å². The highest BCUT2D eigenvalue weighted by Gasteiger charge is 2.36. The summed E-state index contributed by atoms with van der Waals surface area (Å²) in [7, 11) is 0. The molecule has 140 valence electrons. The molecule has 6 nitrogen and oxygen atoms in total. The third kappa shape index (κ3) is 4.31. The zero-order chi connectivity index (χ0) is 18.0. The van der Waals surface area contributed by atoms with Gasteiger partial charge < -0.3 is 10.6 Å². The lowest BCUT2D eigenvalue weighted by Gasteiger charge is -2.42. The Kier molecular flexibility index (Phi) is 6.21. The summed E-state index contributed by atoms with van der Waals surface area (Å²) < 4.78 is 1.34. The number of nitrogens with zero attached hydrogens (tertiary/aromatic N) is 3. The Morgan fingerprint density at radius 3 is 2.58 bits per heavy atom. The van der Waals surface area contributed by atoms with Crippen LogP contribution in [0.25, 0.3) is 0 Å². The minimum absolute atomic E-state index is 0. The first-order valence-electron chi connectivity index (χ1n) is 8.54. The molecule has 0 bridgehead atoms. The van der Waals surface area contributed by atoms with Crippen molar-refractivity contribution in [2.45, 2.75) is 32.9 Å². The maximum atomic E-state index is 12.8. The molecule has 2 N–H and O–H groups in total. The molecule has 1 aromatic carbocycles. The number of likely N-dealkylation sites (tertiary alicyclic amines) is 1. The molecular formula is C19H25ClN4O2. The van der Waals surface area contributed by atoms with Gasteiger partial charge in [-0.25, -0.2) is 4.68 Å². The third-order valence-electron chi connectivity index (χ3n) is 4.86. The van der Waals surface area contributed by atoms with Crippen LogP contribution in [0, 0.1) is 5.41 Å². The molecule has 0 aliphatic carbocycles. The van der Waals surface area contributed by atoms with E-state index in [2.05, 4.69) is 18.9 Å². The third-order valence-corrected chi connectivity index (χ3v) is 4.86. The largest absolute Gasteiger partial charge is 0.337 e. The van der Waals surface area contributed by atoms with Gasteiger partial charge in [0.15, 0.2) is 0 Å². The molecule has 2 aromatic rings. The number of aromatic nitrogens is 2. The number of nitrogens with two attached hydrogens (primary N) is 1. The SMILES string of the molecule is CC1(C)CN(C(=O)c2ccc(=O)n(Cc3ccccc3)n2)CCC1N.Cl. The average Bonchev–Trinajstić information content (AvgIpc) is 2.59. The van der Waals surface area contributed by atoms with Gasteiger partial charge in [0.05, 0.1) is 6.54 Å². The van der Waals surface area contributed by atoms with E-state index in [1.807, 2.05) is 30.3 Å². The number of rotatable bonds is 3. The highest BCUT2D eigenvalue weighted by atomic mass is 35.5. The van der Waals surface area contributed by atoms with E-state index < -0.39 is 0 Å². The van der Waals surface area contributed by atoms with E-state index in [0.29, 0.717) is 25.3 Å². The van der Waals surface area contributed by atoms with Crippen LogP contribution in [0.2, 0.25) is 0 Å². The summed E-state index contributed by atoms with van der Waals surface area (Å²) in [5, 5.41) is 4.29. The first-order valence-corrected chi connectivity index (χ1v) is 8.54. The van der Waals surface area contributed by atoms with Crippen molar-refractivity contribution < 1.29 is 4.79 Å². The number of hydrogen-bond donors (Lipinski definition) is 1. The number of amides is 1. The summed E-state index contributed by atoms with van der Waals surface area (Å²) in [6.07, 6.45) is 0.766. The zero-order valence-electron chi connectivity index (χ0n) is 15.1. The van der Waals surface area contributed by atoms with Crippen molar-refractivity contribution in [1.82, 2.24) is 14.7 Å². The lowest BCUT2D eigenvalue weighted by Crippen LogP contribution is -2.54. The van der Waals surface area contributed by atoms with E-state index in [0.717, 1.165) is 12.0 Å². The van der Waals surface area contributed by atoms with E-state index in [-0.39, 0.29) is 35.3 Å². The molecule has 7 heteroatoms. The molecule has 26 heavy (non-hydrogen) atoms. The number of piperidine rings is 1. The Morgan fingerprint density at radius 1 is 1.23 bits per heavy atom. The highest BCUT2D eigenvalue weighted by Crippen LogP contribution is 2.28. The highest BCUT2D eigenvalue weighted by molar-refractivity contribution is 5.92. The number of carbonyl (C=O) groups excluding carboxylic acids is 1. The fourth-order valence-electron chi connectivity index (χ4n) is 3.14. The minimum atomic E-state index is -0.221. The van der Waals surface area contributed by atoms with Gasteiger partial charge in [0, 0.05) is 25.2 Å². The summed E-state index contributed by atoms with van der Waals surface area (Å²) in [5.74, 6) is -0.151. The van der Waals surface area contributed by atoms with Crippen LogP contribution in [0.3, 0.4) is 0 Å². The molecule has 2 heterocycles. The monoisotopic (exact) mass is 376 g/mol. The summed E-state index contributed by atoms with van der Waals surface area (Å²) >= 11 is 0. The van der Waals surface area contributed by atoms with E-state index in [9.17, 15) is 9.59 Å². The minimum Gasteiger partial charge on any atom is -0.337 e. The van der Waals surface area contributed by atoms with Gasteiger partial charge in [0.25, 0.3) is 11.5 Å². The Labute approximate surface area is 159 Å². The molecule has 1 aromatic heterocycles. The molecule has 0 spiro atoms. The molecule has 1 fully saturated rings. The lowest BCUT2D eigenvalue weighted by molar-refractivity contribution is 0.0525. The zero-order valence-corrected chi connectivity index (χ0v) is 15.9. The second-order valence-electron chi connectivity index (χ2n) is 7.31. The van der Waals surface area contributed by atoms with Crippen molar-refractivity contribution in [2.75, 3.05) is 13.1 Å². The van der Waals surface area contributed by atoms with Gasteiger partial charge in [-0.3, -0.25) is 9.59 Å². The van der Waals surface area contributed by atoms with Gasteiger partial charge in [0.1, 0.15) is 5.69 Å². The molecule has 1 saturated heterocycles. The first-order chi connectivity index (χ1) is 11.9. The van der Waals surface area contributed by atoms with Crippen molar-refractivity contribution in [2.24, 2.45) is 11.1 Å². The second-order valence-corrected chi connectivity index (χ2v) is 7.31. The lowest BCUT2D eigenvalue weighted by atomic mass is 9.79. The van der Waals surface area contributed by atoms with Gasteiger partial charge in [0.2, 0.25) is 0 Å². The molecule has 1 aliphatic heterocycles. The Balaban J connectivity index is 0.00000243. The fraction of sp³-hybridized carbons (Fsp3) is 0.421. The average molecular weight is 377 g/mol. The number of benzene rings is 1. The van der Waals surface area contributed by atoms with Gasteiger partial charge in [-0.2, -0.15) is 5.10 Å². The van der Waals surface area contributed by atoms with Crippen LogP contribution >= 0.6 is 12.4 Å². The maximum Gasteiger partial charge on any atom is 0.274 e. The summed E-state index contributed by atoms with van der Waals surface area (Å²) in [6, 6.07) is 12.6. The molecule has 1 unspecified atom stereocenters. The molecule has 3 rings (SSSR count). The van der Waals surface area contributed by atoms with Crippen LogP contribution in [0.5, 0.6) is 0 Å². The summed E-state index contributed by atoms with van der Waals surface area (Å²) in [6.45, 7) is 5.69. The van der Waals surface area contributed by atoms with Gasteiger partial charge in [-0.05, 0) is 23.5 Å². The van der Waals surface area contributed by atoms with E-state index in [1.165, 1.54) is 16.8 Å². The van der Waals surface area contributed by atoms with Crippen LogP contribution in [0.15, 0.2) is 47.3 Å². The number of hydrogen-bond acceptors (Lipinski definition) is 4. The van der Waals surface area contributed by atoms with E-state index in [4.69, 9.17) is 5.73 Å². The van der Waals surface area contributed by atoms with Crippen molar-refractivity contribution >= 4 is 18.3 Å². The maximum absolute atomic E-state index is 12.8. The van der Waals surface area contributed by atoms with Crippen molar-refractivity contribution in [1.29, 1.82) is 0 Å². The topological polar surface area (TPSA) is 81.2 Å². The predicted octanol–water partition coefficient (Wildman–Crippen LogP) is 1.91. The molecular weight excluding hydrogens is 352 g/mol. The van der Waals surface area contributed by atoms with Crippen LogP contribution in [-0.4, -0.2) is 39.7 Å². The van der Waals surface area contributed by atoms with Crippen LogP contribution in [-0.2, 0) is 6.54 Å². The Hall–Kier alpha value is -2.18. The van der Waals surface area contributed by atoms with Crippen LogP contribution in [0.4, 0.5) is 0 Å². The molecule has 1 amide bonds. The Bertz CT molecular complexity index is 820. The molecule has 1 aliphatic rings. The summed E-state index contributed by atoms with van der Waals surface area (Å²) in [4.78, 5) is 26.7. The summed E-state index contributed by atoms with van der Waals surface area (Å²) in [5.41, 5.74) is 7.05. The van der Waals surface area contributed by atoms with Crippen LogP contribution < -0.4 is 11.3 Å². The molecule has 0 radical (unpaired) electrons. The normalized spacial score (nSPS) is 18.9. The van der Waals surface area contributed by atoms with Crippen LogP contribution in [0.1, 0.15) is 36.3 Å². The van der Waals surface area contributed by atoms with Gasteiger partial charge in [-0.1, -0.05) is 44.2 Å². The predicted molar refractivity (Wildman–Crippen MR) is 104 cm³/mol. The van der Waals surface area contributed by atoms with Crippen molar-refractivity contribution in [3.05, 3.63) is 64.1 Å². The van der Waals surface area contributed by atoms with Gasteiger partial charge >= 0.3 is 0 Å².